The van der Waals surface area contributed by atoms with Gasteiger partial charge < -0.3 is 24.5 Å². The lowest BCUT2D eigenvalue weighted by Crippen LogP contribution is -2.56. The molecular weight excluding hydrogens is 586 g/mol. The van der Waals surface area contributed by atoms with Crippen molar-refractivity contribution in [1.29, 1.82) is 0 Å². The molecule has 1 N–H and O–H groups in total. The van der Waals surface area contributed by atoms with Crippen molar-refractivity contribution in [3.8, 4) is 5.75 Å². The summed E-state index contributed by atoms with van der Waals surface area (Å²) in [6.07, 6.45) is 6.55. The van der Waals surface area contributed by atoms with E-state index in [2.05, 4.69) is 20.1 Å². The van der Waals surface area contributed by atoms with Crippen molar-refractivity contribution in [2.45, 2.75) is 61.6 Å². The minimum Gasteiger partial charge on any atom is -0.494 e. The van der Waals surface area contributed by atoms with Gasteiger partial charge in [0.2, 0.25) is 17.7 Å². The number of aliphatic hydroxyl groups excluding tert-OH is 1. The molecule has 0 saturated carbocycles. The molecule has 3 fully saturated rings. The second-order valence-corrected chi connectivity index (χ2v) is 13.6. The monoisotopic (exact) mass is 631 g/mol. The molecule has 0 aliphatic carbocycles. The van der Waals surface area contributed by atoms with E-state index in [1.165, 1.54) is 0 Å². The van der Waals surface area contributed by atoms with Crippen LogP contribution in [0.4, 0.5) is 5.69 Å². The maximum absolute atomic E-state index is 14.8. The number of anilines is 1. The number of nitrogens with zero attached hydrogens (tertiary/aromatic N) is 3. The van der Waals surface area contributed by atoms with Crippen LogP contribution in [-0.2, 0) is 14.4 Å². The molecule has 9 heteroatoms. The zero-order chi connectivity index (χ0) is 32.1. The first-order valence-corrected chi connectivity index (χ1v) is 16.9. The topological polar surface area (TPSA) is 90.4 Å². The van der Waals surface area contributed by atoms with Crippen molar-refractivity contribution in [2.24, 2.45) is 11.8 Å². The van der Waals surface area contributed by atoms with Crippen LogP contribution in [0.15, 0.2) is 79.9 Å². The van der Waals surface area contributed by atoms with Gasteiger partial charge in [-0.15, -0.1) is 24.9 Å². The SMILES string of the molecule is C=CCN(CCCC)C(=O)C1N([C@H](CO)c2ccccc2)C(=O)[C@@H]2[C@@H](C(=O)N(CC=C)c3ccc(OCC)cc3)[C@H]3CCC12S3. The van der Waals surface area contributed by atoms with Crippen LogP contribution in [0.5, 0.6) is 5.75 Å². The average molecular weight is 632 g/mol. The molecule has 3 amide bonds. The molecule has 3 aliphatic heterocycles. The fourth-order valence-electron chi connectivity index (χ4n) is 7.51. The summed E-state index contributed by atoms with van der Waals surface area (Å²) in [5, 5.41) is 10.7. The molecular formula is C36H45N3O5S. The molecule has 3 heterocycles. The number of amides is 3. The normalized spacial score (nSPS) is 25.5. The molecule has 240 valence electrons. The summed E-state index contributed by atoms with van der Waals surface area (Å²) in [6.45, 7) is 13.2. The Bertz CT molecular complexity index is 1380. The maximum Gasteiger partial charge on any atom is 0.247 e. The van der Waals surface area contributed by atoms with Crippen molar-refractivity contribution in [3.05, 3.63) is 85.5 Å². The Labute approximate surface area is 271 Å². The van der Waals surface area contributed by atoms with Crippen LogP contribution in [-0.4, -0.2) is 81.5 Å². The van der Waals surface area contributed by atoms with Crippen molar-refractivity contribution in [1.82, 2.24) is 9.80 Å². The Morgan fingerprint density at radius 3 is 2.42 bits per heavy atom. The van der Waals surface area contributed by atoms with Crippen LogP contribution in [0.3, 0.4) is 0 Å². The van der Waals surface area contributed by atoms with E-state index >= 15 is 0 Å². The number of rotatable bonds is 15. The van der Waals surface area contributed by atoms with E-state index in [9.17, 15) is 19.5 Å². The minimum absolute atomic E-state index is 0.0910. The first-order valence-electron chi connectivity index (χ1n) is 16.1. The summed E-state index contributed by atoms with van der Waals surface area (Å²) >= 11 is 1.64. The van der Waals surface area contributed by atoms with E-state index in [4.69, 9.17) is 4.74 Å². The molecule has 0 radical (unpaired) electrons. The number of ether oxygens (including phenoxy) is 1. The highest BCUT2D eigenvalue weighted by Gasteiger charge is 2.74. The maximum atomic E-state index is 14.8. The third kappa shape index (κ3) is 5.92. The van der Waals surface area contributed by atoms with Crippen molar-refractivity contribution in [3.63, 3.8) is 0 Å². The van der Waals surface area contributed by atoms with E-state index in [0.717, 1.165) is 24.8 Å². The Morgan fingerprint density at radius 2 is 1.80 bits per heavy atom. The lowest BCUT2D eigenvalue weighted by molar-refractivity contribution is -0.145. The van der Waals surface area contributed by atoms with Gasteiger partial charge in [-0.3, -0.25) is 14.4 Å². The van der Waals surface area contributed by atoms with E-state index in [0.29, 0.717) is 37.6 Å². The molecule has 5 rings (SSSR count). The predicted octanol–water partition coefficient (Wildman–Crippen LogP) is 5.24. The molecule has 2 aromatic rings. The minimum atomic E-state index is -0.810. The Kier molecular flexibility index (Phi) is 10.4. The highest BCUT2D eigenvalue weighted by molar-refractivity contribution is 8.02. The van der Waals surface area contributed by atoms with E-state index in [1.807, 2.05) is 61.5 Å². The zero-order valence-electron chi connectivity index (χ0n) is 26.3. The van der Waals surface area contributed by atoms with Crippen LogP contribution in [0, 0.1) is 11.8 Å². The average Bonchev–Trinajstić information content (AvgIpc) is 3.70. The molecule has 45 heavy (non-hydrogen) atoms. The molecule has 2 aromatic carbocycles. The number of benzene rings is 2. The molecule has 6 atom stereocenters. The van der Waals surface area contributed by atoms with Gasteiger partial charge in [0, 0.05) is 30.6 Å². The van der Waals surface area contributed by atoms with Gasteiger partial charge in [0.05, 0.1) is 35.8 Å². The lowest BCUT2D eigenvalue weighted by atomic mass is 9.70. The molecule has 2 unspecified atom stereocenters. The molecule has 0 aromatic heterocycles. The third-order valence-electron chi connectivity index (χ3n) is 9.43. The second-order valence-electron chi connectivity index (χ2n) is 12.0. The summed E-state index contributed by atoms with van der Waals surface area (Å²) < 4.78 is 4.84. The second kappa shape index (κ2) is 14.3. The standard InChI is InChI=1S/C36H45N3O5S/c1-5-9-23-37(21-6-2)35(43)32-36-20-19-29(45-36)30(31(36)34(42)39(32)28(24-40)25-13-11-10-12-14-25)33(41)38(22-7-3)26-15-17-27(18-16-26)44-8-4/h6-7,10-18,28-32,40H,2-3,5,8-9,19-24H2,1,4H3/t28-,29-,30+,31+,32?,36?/m1/s1. The molecule has 8 nitrogen and oxygen atoms in total. The van der Waals surface area contributed by atoms with Gasteiger partial charge in [-0.25, -0.2) is 0 Å². The fourth-order valence-corrected chi connectivity index (χ4v) is 9.70. The van der Waals surface area contributed by atoms with Gasteiger partial charge in [-0.05, 0) is 56.0 Å². The molecule has 2 bridgehead atoms. The first-order chi connectivity index (χ1) is 21.9. The van der Waals surface area contributed by atoms with Gasteiger partial charge in [0.25, 0.3) is 0 Å². The van der Waals surface area contributed by atoms with Gasteiger partial charge >= 0.3 is 0 Å². The van der Waals surface area contributed by atoms with Crippen LogP contribution in [0.1, 0.15) is 51.1 Å². The lowest BCUT2D eigenvalue weighted by Gasteiger charge is -2.40. The number of unbranched alkanes of at least 4 members (excludes halogenated alkanes) is 1. The zero-order valence-corrected chi connectivity index (χ0v) is 27.2. The van der Waals surface area contributed by atoms with Gasteiger partial charge in [-0.1, -0.05) is 55.8 Å². The number of hydrogen-bond donors (Lipinski definition) is 1. The van der Waals surface area contributed by atoms with Crippen LogP contribution in [0.2, 0.25) is 0 Å². The van der Waals surface area contributed by atoms with Crippen LogP contribution >= 0.6 is 11.8 Å². The number of aliphatic hydroxyl groups is 1. The highest BCUT2D eigenvalue weighted by atomic mass is 32.2. The predicted molar refractivity (Wildman–Crippen MR) is 179 cm³/mol. The van der Waals surface area contributed by atoms with Gasteiger partial charge in [-0.2, -0.15) is 0 Å². The van der Waals surface area contributed by atoms with Crippen molar-refractivity contribution >= 4 is 35.2 Å². The summed E-state index contributed by atoms with van der Waals surface area (Å²) in [6, 6.07) is 15.3. The Morgan fingerprint density at radius 1 is 1.09 bits per heavy atom. The summed E-state index contributed by atoms with van der Waals surface area (Å²) in [5.41, 5.74) is 1.46. The van der Waals surface area contributed by atoms with Gasteiger partial charge in [0.15, 0.2) is 0 Å². The van der Waals surface area contributed by atoms with Crippen molar-refractivity contribution < 1.29 is 24.2 Å². The number of fused-ring (bicyclic) bond motifs is 1. The summed E-state index contributed by atoms with van der Waals surface area (Å²) in [4.78, 5) is 49.2. The summed E-state index contributed by atoms with van der Waals surface area (Å²) in [7, 11) is 0. The van der Waals surface area contributed by atoms with E-state index in [-0.39, 0.29) is 36.1 Å². The molecule has 3 aliphatic rings. The van der Waals surface area contributed by atoms with Crippen LogP contribution < -0.4 is 9.64 Å². The van der Waals surface area contributed by atoms with Crippen LogP contribution in [0.25, 0.3) is 0 Å². The number of hydrogen-bond acceptors (Lipinski definition) is 6. The smallest absolute Gasteiger partial charge is 0.247 e. The highest BCUT2D eigenvalue weighted by Crippen LogP contribution is 2.67. The van der Waals surface area contributed by atoms with Crippen molar-refractivity contribution in [2.75, 3.05) is 37.7 Å². The molecule has 3 saturated heterocycles. The Balaban J connectivity index is 1.57. The van der Waals surface area contributed by atoms with E-state index < -0.39 is 28.7 Å². The van der Waals surface area contributed by atoms with Gasteiger partial charge in [0.1, 0.15) is 11.8 Å². The fraction of sp³-hybridized carbons (Fsp3) is 0.472. The number of thioether (sulfide) groups is 1. The largest absolute Gasteiger partial charge is 0.494 e. The number of carbonyl (C=O) groups is 3. The number of carbonyl (C=O) groups excluding carboxylic acids is 3. The molecule has 1 spiro atoms. The first kappa shape index (κ1) is 32.8. The van der Waals surface area contributed by atoms with E-state index in [1.54, 1.807) is 38.6 Å². The quantitative estimate of drug-likeness (QED) is 0.271. The number of likely N-dealkylation sites (tertiary alicyclic amines) is 1. The summed E-state index contributed by atoms with van der Waals surface area (Å²) in [5.74, 6) is -1.09. The Hall–Kier alpha value is -3.56. The third-order valence-corrected chi connectivity index (χ3v) is 11.4.